The fourth-order valence-electron chi connectivity index (χ4n) is 2.92. The molecule has 0 unspecified atom stereocenters. The first-order chi connectivity index (χ1) is 8.90. The highest BCUT2D eigenvalue weighted by Gasteiger charge is 2.40. The van der Waals surface area contributed by atoms with Gasteiger partial charge in [0.25, 0.3) is 0 Å². The molecule has 4 rings (SSSR count). The normalized spacial score (nSPS) is 26.2. The zero-order valence-corrected chi connectivity index (χ0v) is 10.1. The van der Waals surface area contributed by atoms with E-state index in [-0.39, 0.29) is 0 Å². The fourth-order valence-corrected chi connectivity index (χ4v) is 2.92. The van der Waals surface area contributed by atoms with Crippen molar-refractivity contribution in [2.45, 2.75) is 31.7 Å². The van der Waals surface area contributed by atoms with Gasteiger partial charge in [0.2, 0.25) is 0 Å². The van der Waals surface area contributed by atoms with E-state index in [1.807, 2.05) is 18.5 Å². The predicted molar refractivity (Wildman–Crippen MR) is 66.4 cm³/mol. The predicted octanol–water partition coefficient (Wildman–Crippen LogP) is 2.14. The van der Waals surface area contributed by atoms with Gasteiger partial charge in [-0.25, -0.2) is 4.98 Å². The number of nitrogens with zero attached hydrogens (tertiary/aromatic N) is 3. The van der Waals surface area contributed by atoms with Crippen molar-refractivity contribution in [3.63, 3.8) is 0 Å². The maximum absolute atomic E-state index is 6.00. The lowest BCUT2D eigenvalue weighted by Crippen LogP contribution is -2.23. The van der Waals surface area contributed by atoms with Crippen molar-refractivity contribution in [2.24, 2.45) is 0 Å². The Morgan fingerprint density at radius 3 is 3.06 bits per heavy atom. The zero-order valence-electron chi connectivity index (χ0n) is 10.1. The maximum Gasteiger partial charge on any atom is 0.128 e. The molecule has 0 N–H and O–H groups in total. The van der Waals surface area contributed by atoms with Crippen LogP contribution in [0.5, 0.6) is 0 Å². The van der Waals surface area contributed by atoms with E-state index < -0.39 is 0 Å². The number of hydroxylamine groups is 2. The van der Waals surface area contributed by atoms with Gasteiger partial charge in [-0.1, -0.05) is 30.3 Å². The number of hydrogen-bond donors (Lipinski definition) is 0. The monoisotopic (exact) mass is 241 g/mol. The third kappa shape index (κ3) is 1.57. The first kappa shape index (κ1) is 10.3. The van der Waals surface area contributed by atoms with E-state index in [0.717, 1.165) is 25.3 Å². The molecule has 4 nitrogen and oxygen atoms in total. The summed E-state index contributed by atoms with van der Waals surface area (Å²) in [6.45, 7) is 1.76. The second-order valence-corrected chi connectivity index (χ2v) is 4.98. The Morgan fingerprint density at radius 1 is 1.28 bits per heavy atom. The molecule has 1 aromatic carbocycles. The van der Waals surface area contributed by atoms with Gasteiger partial charge in [-0.05, 0) is 5.56 Å². The van der Waals surface area contributed by atoms with Crippen LogP contribution in [0.4, 0.5) is 0 Å². The molecular weight excluding hydrogens is 226 g/mol. The second kappa shape index (κ2) is 3.93. The van der Waals surface area contributed by atoms with Gasteiger partial charge in [-0.2, -0.15) is 5.06 Å². The molecule has 1 aromatic heterocycles. The third-order valence-electron chi connectivity index (χ3n) is 3.75. The summed E-state index contributed by atoms with van der Waals surface area (Å²) in [5.41, 5.74) is 1.28. The molecule has 18 heavy (non-hydrogen) atoms. The zero-order chi connectivity index (χ0) is 11.9. The lowest BCUT2D eigenvalue weighted by atomic mass is 10.1. The van der Waals surface area contributed by atoms with Crippen molar-refractivity contribution in [1.82, 2.24) is 14.6 Å². The first-order valence-corrected chi connectivity index (χ1v) is 6.38. The summed E-state index contributed by atoms with van der Waals surface area (Å²) in [4.78, 5) is 10.5. The molecule has 0 amide bonds. The number of imidazole rings is 1. The Labute approximate surface area is 106 Å². The van der Waals surface area contributed by atoms with Gasteiger partial charge in [0.05, 0.1) is 18.7 Å². The summed E-state index contributed by atoms with van der Waals surface area (Å²) < 4.78 is 2.21. The molecule has 0 spiro atoms. The summed E-state index contributed by atoms with van der Waals surface area (Å²) >= 11 is 0. The number of fused-ring (bicyclic) bond motifs is 4. The Hall–Kier alpha value is -1.65. The number of benzene rings is 1. The maximum atomic E-state index is 6.00. The molecule has 2 aliphatic rings. The number of hydrogen-bond acceptors (Lipinski definition) is 3. The van der Waals surface area contributed by atoms with Crippen molar-refractivity contribution < 1.29 is 4.84 Å². The van der Waals surface area contributed by atoms with E-state index >= 15 is 0 Å². The van der Waals surface area contributed by atoms with Gasteiger partial charge in [-0.3, -0.25) is 4.84 Å². The average molecular weight is 241 g/mol. The standard InChI is InChI=1S/C14H15N3O/c1-2-4-11(5-3-1)9-17-13-8-12(18-17)10-16-7-6-15-14(13)16/h1-7,12-13H,8-10H2/t12-,13+/m0/s1. The molecule has 4 heteroatoms. The molecule has 3 heterocycles. The van der Waals surface area contributed by atoms with Gasteiger partial charge >= 0.3 is 0 Å². The quantitative estimate of drug-likeness (QED) is 0.807. The fraction of sp³-hybridized carbons (Fsp3) is 0.357. The van der Waals surface area contributed by atoms with E-state index in [4.69, 9.17) is 4.84 Å². The molecule has 0 radical (unpaired) electrons. The molecule has 2 aromatic rings. The molecule has 1 fully saturated rings. The molecule has 1 saturated heterocycles. The Bertz CT molecular complexity index is 551. The van der Waals surface area contributed by atoms with Gasteiger partial charge < -0.3 is 4.57 Å². The molecule has 0 saturated carbocycles. The van der Waals surface area contributed by atoms with Crippen LogP contribution in [0.2, 0.25) is 0 Å². The third-order valence-corrected chi connectivity index (χ3v) is 3.75. The van der Waals surface area contributed by atoms with Crippen LogP contribution >= 0.6 is 0 Å². The van der Waals surface area contributed by atoms with Crippen molar-refractivity contribution in [1.29, 1.82) is 0 Å². The van der Waals surface area contributed by atoms with Crippen LogP contribution in [0.3, 0.4) is 0 Å². The highest BCUT2D eigenvalue weighted by Crippen LogP contribution is 2.38. The van der Waals surface area contributed by atoms with Gasteiger partial charge in [0.1, 0.15) is 5.82 Å². The van der Waals surface area contributed by atoms with Gasteiger partial charge in [0, 0.05) is 25.4 Å². The van der Waals surface area contributed by atoms with Crippen LogP contribution in [-0.4, -0.2) is 20.7 Å². The van der Waals surface area contributed by atoms with Crippen molar-refractivity contribution >= 4 is 0 Å². The Kier molecular flexibility index (Phi) is 2.25. The molecule has 92 valence electrons. The van der Waals surface area contributed by atoms with Crippen LogP contribution in [-0.2, 0) is 17.9 Å². The van der Waals surface area contributed by atoms with Crippen molar-refractivity contribution in [3.05, 3.63) is 54.1 Å². The molecular formula is C14H15N3O. The first-order valence-electron chi connectivity index (χ1n) is 6.38. The summed E-state index contributed by atoms with van der Waals surface area (Å²) in [6.07, 6.45) is 5.30. The minimum Gasteiger partial charge on any atom is -0.331 e. The lowest BCUT2D eigenvalue weighted by Gasteiger charge is -2.21. The van der Waals surface area contributed by atoms with Crippen molar-refractivity contribution in [3.8, 4) is 0 Å². The van der Waals surface area contributed by atoms with Crippen LogP contribution in [0.1, 0.15) is 23.9 Å². The molecule has 2 bridgehead atoms. The van der Waals surface area contributed by atoms with E-state index in [1.165, 1.54) is 5.56 Å². The van der Waals surface area contributed by atoms with E-state index in [1.54, 1.807) is 0 Å². The second-order valence-electron chi connectivity index (χ2n) is 4.98. The van der Waals surface area contributed by atoms with Gasteiger partial charge in [-0.15, -0.1) is 0 Å². The summed E-state index contributed by atoms with van der Waals surface area (Å²) in [6, 6.07) is 10.8. The van der Waals surface area contributed by atoms with Crippen LogP contribution < -0.4 is 0 Å². The molecule has 2 atom stereocenters. The topological polar surface area (TPSA) is 30.3 Å². The SMILES string of the molecule is c1ccc(CN2O[C@H]3C[C@@H]2c2nccn2C3)cc1. The lowest BCUT2D eigenvalue weighted by molar-refractivity contribution is -0.167. The molecule has 0 aliphatic carbocycles. The van der Waals surface area contributed by atoms with Crippen LogP contribution in [0.25, 0.3) is 0 Å². The Morgan fingerprint density at radius 2 is 2.17 bits per heavy atom. The summed E-state index contributed by atoms with van der Waals surface area (Å²) in [7, 11) is 0. The van der Waals surface area contributed by atoms with E-state index in [2.05, 4.69) is 38.9 Å². The largest absolute Gasteiger partial charge is 0.331 e. The highest BCUT2D eigenvalue weighted by molar-refractivity contribution is 5.15. The van der Waals surface area contributed by atoms with Gasteiger partial charge in [0.15, 0.2) is 0 Å². The van der Waals surface area contributed by atoms with E-state index in [9.17, 15) is 0 Å². The van der Waals surface area contributed by atoms with Crippen LogP contribution in [0.15, 0.2) is 42.7 Å². The minimum absolute atomic E-state index is 0.305. The average Bonchev–Trinajstić information content (AvgIpc) is 2.98. The Balaban J connectivity index is 1.61. The summed E-state index contributed by atoms with van der Waals surface area (Å²) in [5.74, 6) is 1.14. The minimum atomic E-state index is 0.305. The smallest absolute Gasteiger partial charge is 0.128 e. The molecule has 2 aliphatic heterocycles. The highest BCUT2D eigenvalue weighted by atomic mass is 16.7. The van der Waals surface area contributed by atoms with Crippen LogP contribution in [0, 0.1) is 0 Å². The van der Waals surface area contributed by atoms with Crippen molar-refractivity contribution in [2.75, 3.05) is 0 Å². The van der Waals surface area contributed by atoms with E-state index in [0.29, 0.717) is 12.1 Å². The summed E-state index contributed by atoms with van der Waals surface area (Å²) in [5, 5.41) is 2.09. The number of rotatable bonds is 2. The number of aromatic nitrogens is 2.